The maximum Gasteiger partial charge on any atom is 0.312 e. The average Bonchev–Trinajstić information content (AvgIpc) is 3.16. The van der Waals surface area contributed by atoms with Crippen LogP contribution in [0.15, 0.2) is 35.9 Å². The molecule has 6 rings (SSSR count). The zero-order chi connectivity index (χ0) is 19.9. The third-order valence-electron chi connectivity index (χ3n) is 8.00. The SMILES string of the molecule is O=C(O)CC(=O)N1c2ccccc2[C@@]23CCN4CC5=CCO[C@@H](O)[C@@H]([C@H]12)[C@H]5C[C@H]43. The predicted octanol–water partition coefficient (Wildman–Crippen LogP) is 1.11. The van der Waals surface area contributed by atoms with Crippen LogP contribution in [0, 0.1) is 11.8 Å². The number of para-hydroxylation sites is 1. The van der Waals surface area contributed by atoms with Crippen LogP contribution in [0.5, 0.6) is 0 Å². The van der Waals surface area contributed by atoms with E-state index in [1.807, 2.05) is 18.2 Å². The van der Waals surface area contributed by atoms with E-state index in [0.29, 0.717) is 12.6 Å². The van der Waals surface area contributed by atoms with Gasteiger partial charge >= 0.3 is 5.97 Å². The first-order valence-corrected chi connectivity index (χ1v) is 10.4. The van der Waals surface area contributed by atoms with E-state index in [2.05, 4.69) is 17.0 Å². The van der Waals surface area contributed by atoms with Crippen molar-refractivity contribution in [3.05, 3.63) is 41.5 Å². The normalized spacial score (nSPS) is 39.4. The number of ether oxygens (including phenoxy) is 1. The molecule has 1 amide bonds. The molecule has 1 aromatic carbocycles. The van der Waals surface area contributed by atoms with Crippen molar-refractivity contribution in [3.63, 3.8) is 0 Å². The molecular formula is C22H24N2O5. The Morgan fingerprint density at radius 3 is 2.93 bits per heavy atom. The van der Waals surface area contributed by atoms with Gasteiger partial charge in [-0.15, -0.1) is 0 Å². The summed E-state index contributed by atoms with van der Waals surface area (Å²) in [4.78, 5) is 28.8. The van der Waals surface area contributed by atoms with E-state index < -0.39 is 24.6 Å². The van der Waals surface area contributed by atoms with E-state index >= 15 is 0 Å². The number of carboxylic acid groups (broad SMARTS) is 1. The highest BCUT2D eigenvalue weighted by atomic mass is 16.6. The van der Waals surface area contributed by atoms with Crippen molar-refractivity contribution in [1.82, 2.24) is 4.90 Å². The van der Waals surface area contributed by atoms with Crippen LogP contribution in [0.2, 0.25) is 0 Å². The Labute approximate surface area is 168 Å². The number of anilines is 1. The number of fused-ring (bicyclic) bond motifs is 2. The minimum atomic E-state index is -1.13. The fourth-order valence-electron chi connectivity index (χ4n) is 7.12. The fourth-order valence-corrected chi connectivity index (χ4v) is 7.12. The number of rotatable bonds is 2. The Bertz CT molecular complexity index is 945. The summed E-state index contributed by atoms with van der Waals surface area (Å²) in [5.74, 6) is -1.65. The summed E-state index contributed by atoms with van der Waals surface area (Å²) in [5, 5.41) is 20.3. The van der Waals surface area contributed by atoms with Crippen LogP contribution in [0.4, 0.5) is 5.69 Å². The molecule has 2 N–H and O–H groups in total. The number of benzene rings is 1. The van der Waals surface area contributed by atoms with Gasteiger partial charge in [0.2, 0.25) is 5.91 Å². The van der Waals surface area contributed by atoms with Crippen molar-refractivity contribution >= 4 is 17.6 Å². The monoisotopic (exact) mass is 396 g/mol. The molecule has 152 valence electrons. The van der Waals surface area contributed by atoms with Gasteiger partial charge < -0.3 is 19.8 Å². The maximum atomic E-state index is 13.2. The third-order valence-corrected chi connectivity index (χ3v) is 8.00. The smallest absolute Gasteiger partial charge is 0.312 e. The first kappa shape index (κ1) is 17.6. The summed E-state index contributed by atoms with van der Waals surface area (Å²) in [6.07, 6.45) is 2.42. The standard InChI is InChI=1S/C22H24N2O5/c25-17(10-18(26)27)24-15-4-2-1-3-14(15)22-6-7-23-11-12-5-8-29-21(28)19(20(22)24)13(12)9-16(22)23/h1-5,13,16,19-21,28H,6-11H2,(H,26,27)/t13-,16-,19+,20-,21+,22+/m0/s1. The van der Waals surface area contributed by atoms with Gasteiger partial charge in [0, 0.05) is 29.6 Å². The Morgan fingerprint density at radius 1 is 1.28 bits per heavy atom. The van der Waals surface area contributed by atoms with Crippen molar-refractivity contribution in [2.75, 3.05) is 24.6 Å². The highest BCUT2D eigenvalue weighted by Crippen LogP contribution is 2.64. The van der Waals surface area contributed by atoms with Crippen LogP contribution in [0.1, 0.15) is 24.8 Å². The molecule has 4 heterocycles. The highest BCUT2D eigenvalue weighted by Gasteiger charge is 2.69. The van der Waals surface area contributed by atoms with Gasteiger partial charge in [0.15, 0.2) is 6.29 Å². The Hall–Kier alpha value is -2.22. The lowest BCUT2D eigenvalue weighted by Gasteiger charge is -2.56. The molecule has 2 saturated heterocycles. The molecular weight excluding hydrogens is 372 g/mol. The molecule has 0 unspecified atom stereocenters. The number of carboxylic acids is 1. The Morgan fingerprint density at radius 2 is 2.10 bits per heavy atom. The van der Waals surface area contributed by atoms with E-state index in [-0.39, 0.29) is 23.3 Å². The Balaban J connectivity index is 1.59. The number of carbonyl (C=O) groups excluding carboxylic acids is 1. The Kier molecular flexibility index (Phi) is 3.59. The van der Waals surface area contributed by atoms with Gasteiger partial charge in [0.1, 0.15) is 6.42 Å². The largest absolute Gasteiger partial charge is 0.481 e. The van der Waals surface area contributed by atoms with E-state index in [0.717, 1.165) is 37.2 Å². The number of aliphatic hydroxyl groups excluding tert-OH is 1. The van der Waals surface area contributed by atoms with E-state index in [4.69, 9.17) is 4.74 Å². The number of hydrogen-bond donors (Lipinski definition) is 2. The number of amides is 1. The van der Waals surface area contributed by atoms with Crippen LogP contribution in [-0.4, -0.2) is 65.1 Å². The molecule has 4 aliphatic heterocycles. The molecule has 1 spiro atoms. The minimum absolute atomic E-state index is 0.152. The molecule has 2 bridgehead atoms. The molecule has 0 aromatic heterocycles. The van der Waals surface area contributed by atoms with Crippen LogP contribution < -0.4 is 4.90 Å². The second-order valence-electron chi connectivity index (χ2n) is 9.00. The van der Waals surface area contributed by atoms with E-state index in [1.165, 1.54) is 5.57 Å². The number of hydrogen-bond acceptors (Lipinski definition) is 5. The van der Waals surface area contributed by atoms with Crippen molar-refractivity contribution in [2.24, 2.45) is 11.8 Å². The molecule has 29 heavy (non-hydrogen) atoms. The number of carbonyl (C=O) groups is 2. The topological polar surface area (TPSA) is 90.3 Å². The van der Waals surface area contributed by atoms with Gasteiger partial charge in [0.05, 0.1) is 12.6 Å². The number of piperidine rings is 1. The molecule has 0 radical (unpaired) electrons. The van der Waals surface area contributed by atoms with Crippen LogP contribution in [-0.2, 0) is 19.7 Å². The highest BCUT2D eigenvalue weighted by molar-refractivity contribution is 6.05. The van der Waals surface area contributed by atoms with Gasteiger partial charge in [-0.25, -0.2) is 0 Å². The summed E-state index contributed by atoms with van der Waals surface area (Å²) < 4.78 is 5.75. The molecule has 7 heteroatoms. The summed E-state index contributed by atoms with van der Waals surface area (Å²) in [6.45, 7) is 2.21. The number of aliphatic carboxylic acids is 1. The van der Waals surface area contributed by atoms with Gasteiger partial charge in [-0.3, -0.25) is 14.5 Å². The fraction of sp³-hybridized carbons (Fsp3) is 0.545. The van der Waals surface area contributed by atoms with Crippen LogP contribution >= 0.6 is 0 Å². The van der Waals surface area contributed by atoms with Crippen molar-refractivity contribution in [2.45, 2.75) is 43.1 Å². The van der Waals surface area contributed by atoms with Gasteiger partial charge in [-0.05, 0) is 36.9 Å². The van der Waals surface area contributed by atoms with Crippen molar-refractivity contribution in [3.8, 4) is 0 Å². The maximum absolute atomic E-state index is 13.2. The number of nitrogens with zero attached hydrogens (tertiary/aromatic N) is 2. The quantitative estimate of drug-likeness (QED) is 0.575. The third kappa shape index (κ3) is 2.13. The second-order valence-corrected chi connectivity index (χ2v) is 9.00. The first-order valence-electron chi connectivity index (χ1n) is 10.4. The lowest BCUT2D eigenvalue weighted by atomic mass is 9.55. The summed E-state index contributed by atoms with van der Waals surface area (Å²) >= 11 is 0. The van der Waals surface area contributed by atoms with Crippen molar-refractivity contribution < 1.29 is 24.5 Å². The molecule has 1 saturated carbocycles. The number of aliphatic hydroxyl groups is 1. The molecule has 5 aliphatic rings. The molecule has 1 aromatic rings. The zero-order valence-electron chi connectivity index (χ0n) is 16.0. The molecule has 1 aliphatic carbocycles. The van der Waals surface area contributed by atoms with Gasteiger partial charge in [-0.1, -0.05) is 29.8 Å². The molecule has 7 nitrogen and oxygen atoms in total. The molecule has 6 atom stereocenters. The van der Waals surface area contributed by atoms with E-state index in [9.17, 15) is 19.8 Å². The zero-order valence-corrected chi connectivity index (χ0v) is 16.0. The van der Waals surface area contributed by atoms with Crippen LogP contribution in [0.25, 0.3) is 0 Å². The predicted molar refractivity (Wildman–Crippen MR) is 103 cm³/mol. The van der Waals surface area contributed by atoms with Crippen molar-refractivity contribution in [1.29, 1.82) is 0 Å². The average molecular weight is 396 g/mol. The van der Waals surface area contributed by atoms with Gasteiger partial charge in [0.25, 0.3) is 0 Å². The molecule has 3 fully saturated rings. The minimum Gasteiger partial charge on any atom is -0.481 e. The summed E-state index contributed by atoms with van der Waals surface area (Å²) in [7, 11) is 0. The van der Waals surface area contributed by atoms with Gasteiger partial charge in [-0.2, -0.15) is 0 Å². The van der Waals surface area contributed by atoms with Crippen LogP contribution in [0.3, 0.4) is 0 Å². The summed E-state index contributed by atoms with van der Waals surface area (Å²) in [5.41, 5.74) is 2.94. The second kappa shape index (κ2) is 5.90. The lowest BCUT2D eigenvalue weighted by molar-refractivity contribution is -0.157. The lowest BCUT2D eigenvalue weighted by Crippen LogP contribution is -2.66. The first-order chi connectivity index (χ1) is 14.0. The summed E-state index contributed by atoms with van der Waals surface area (Å²) in [6, 6.07) is 7.92. The van der Waals surface area contributed by atoms with E-state index in [1.54, 1.807) is 4.90 Å².